The van der Waals surface area contributed by atoms with E-state index >= 15 is 0 Å². The van der Waals surface area contributed by atoms with Gasteiger partial charge in [0, 0.05) is 18.5 Å². The Hall–Kier alpha value is -1.85. The van der Waals surface area contributed by atoms with E-state index < -0.39 is 17.1 Å². The molecule has 2 fully saturated rings. The Morgan fingerprint density at radius 2 is 2.11 bits per heavy atom. The van der Waals surface area contributed by atoms with Crippen LogP contribution in [-0.2, 0) is 10.2 Å². The number of hydrogen-bond acceptors (Lipinski definition) is 5. The van der Waals surface area contributed by atoms with Crippen LogP contribution in [0.1, 0.15) is 43.2 Å². The number of phenolic OH excluding ortho intramolecular Hbond substituents is 1. The summed E-state index contributed by atoms with van der Waals surface area (Å²) in [6.45, 7) is 2.93. The van der Waals surface area contributed by atoms with Gasteiger partial charge in [-0.15, -0.1) is 0 Å². The molecule has 1 heterocycles. The van der Waals surface area contributed by atoms with Crippen molar-refractivity contribution in [3.05, 3.63) is 35.4 Å². The fraction of sp³-hybridized carbons (Fsp3) is 0.591. The molecule has 1 aliphatic heterocycles. The van der Waals surface area contributed by atoms with Crippen LogP contribution < -0.4 is 4.74 Å². The van der Waals surface area contributed by atoms with Gasteiger partial charge >= 0.3 is 0 Å². The number of aromatic hydroxyl groups is 1. The van der Waals surface area contributed by atoms with Crippen LogP contribution in [0, 0.1) is 12.8 Å². The zero-order valence-corrected chi connectivity index (χ0v) is 15.9. The third kappa shape index (κ3) is 2.15. The number of ketones is 1. The SMILES string of the molecule is Cc1ccc(O)c2c1[C@]13CC=C[C@@H](N(C)CC4CC4)[C@]1(O)CCC(=O)[C@@H]3O2. The topological polar surface area (TPSA) is 70.0 Å². The number of ether oxygens (including phenoxy) is 1. The fourth-order valence-corrected chi connectivity index (χ4v) is 5.82. The molecule has 1 spiro atoms. The Morgan fingerprint density at radius 3 is 2.85 bits per heavy atom. The average Bonchev–Trinajstić information content (AvgIpc) is 3.37. The summed E-state index contributed by atoms with van der Waals surface area (Å²) < 4.78 is 6.07. The quantitative estimate of drug-likeness (QED) is 0.801. The summed E-state index contributed by atoms with van der Waals surface area (Å²) >= 11 is 0. The summed E-state index contributed by atoms with van der Waals surface area (Å²) in [7, 11) is 2.07. The van der Waals surface area contributed by atoms with E-state index in [0.717, 1.165) is 17.7 Å². The number of allylic oxidation sites excluding steroid dienone is 1. The van der Waals surface area contributed by atoms with Gasteiger partial charge in [-0.05, 0) is 57.2 Å². The van der Waals surface area contributed by atoms with Crippen LogP contribution in [0.3, 0.4) is 0 Å². The Labute approximate surface area is 159 Å². The molecule has 0 amide bonds. The number of carbonyl (C=O) groups excluding carboxylic acids is 1. The summed E-state index contributed by atoms with van der Waals surface area (Å²) in [6.07, 6.45) is 7.25. The maximum absolute atomic E-state index is 12.9. The van der Waals surface area contributed by atoms with Crippen LogP contribution in [0.15, 0.2) is 24.3 Å². The van der Waals surface area contributed by atoms with Crippen molar-refractivity contribution < 1.29 is 19.7 Å². The second kappa shape index (κ2) is 5.58. The number of carbonyl (C=O) groups is 1. The number of benzene rings is 1. The molecule has 5 heteroatoms. The van der Waals surface area contributed by atoms with Crippen molar-refractivity contribution in [2.75, 3.05) is 13.6 Å². The first-order valence-corrected chi connectivity index (χ1v) is 10.00. The molecule has 5 nitrogen and oxygen atoms in total. The number of phenols is 1. The number of Topliss-reactive ketones (excluding diaryl/α,β-unsaturated/α-hetero) is 1. The lowest BCUT2D eigenvalue weighted by molar-refractivity contribution is -0.161. The second-order valence-corrected chi connectivity index (χ2v) is 8.93. The molecule has 5 rings (SSSR count). The molecule has 0 saturated heterocycles. The van der Waals surface area contributed by atoms with Gasteiger partial charge in [-0.1, -0.05) is 18.2 Å². The maximum atomic E-state index is 12.9. The summed E-state index contributed by atoms with van der Waals surface area (Å²) in [5.41, 5.74) is -0.166. The third-order valence-electron chi connectivity index (χ3n) is 7.26. The largest absolute Gasteiger partial charge is 0.504 e. The molecule has 0 unspecified atom stereocenters. The van der Waals surface area contributed by atoms with Crippen LogP contribution in [-0.4, -0.2) is 52.2 Å². The summed E-state index contributed by atoms with van der Waals surface area (Å²) in [5.74, 6) is 1.16. The number of aliphatic hydroxyl groups is 1. The average molecular weight is 369 g/mol. The summed E-state index contributed by atoms with van der Waals surface area (Å²) in [4.78, 5) is 15.1. The van der Waals surface area contributed by atoms with Gasteiger partial charge in [-0.3, -0.25) is 9.69 Å². The minimum absolute atomic E-state index is 0.0218. The lowest BCUT2D eigenvalue weighted by atomic mass is 9.52. The van der Waals surface area contributed by atoms with E-state index in [9.17, 15) is 15.0 Å². The van der Waals surface area contributed by atoms with Gasteiger partial charge in [0.05, 0.1) is 17.1 Å². The molecule has 1 aromatic rings. The van der Waals surface area contributed by atoms with Crippen LogP contribution in [0.2, 0.25) is 0 Å². The molecule has 1 aromatic carbocycles. The van der Waals surface area contributed by atoms with Gasteiger partial charge in [0.2, 0.25) is 0 Å². The Bertz CT molecular complexity index is 845. The van der Waals surface area contributed by atoms with E-state index in [4.69, 9.17) is 4.74 Å². The Morgan fingerprint density at radius 1 is 1.33 bits per heavy atom. The van der Waals surface area contributed by atoms with Crippen LogP contribution >= 0.6 is 0 Å². The highest BCUT2D eigenvalue weighted by atomic mass is 16.5. The molecule has 2 N–H and O–H groups in total. The minimum Gasteiger partial charge on any atom is -0.504 e. The smallest absolute Gasteiger partial charge is 0.174 e. The van der Waals surface area contributed by atoms with Gasteiger partial charge in [-0.25, -0.2) is 0 Å². The van der Waals surface area contributed by atoms with Gasteiger partial charge in [-0.2, -0.15) is 0 Å². The van der Waals surface area contributed by atoms with Crippen LogP contribution in [0.4, 0.5) is 0 Å². The van der Waals surface area contributed by atoms with Crippen molar-refractivity contribution in [3.8, 4) is 11.5 Å². The number of nitrogens with zero attached hydrogens (tertiary/aromatic N) is 1. The molecule has 2 saturated carbocycles. The normalized spacial score (nSPS) is 37.0. The highest BCUT2D eigenvalue weighted by molar-refractivity contribution is 5.89. The van der Waals surface area contributed by atoms with E-state index in [1.54, 1.807) is 6.07 Å². The van der Waals surface area contributed by atoms with E-state index in [-0.39, 0.29) is 17.6 Å². The summed E-state index contributed by atoms with van der Waals surface area (Å²) in [5, 5.41) is 22.6. The molecule has 0 aromatic heterocycles. The molecular weight excluding hydrogens is 342 g/mol. The highest BCUT2D eigenvalue weighted by Crippen LogP contribution is 2.61. The number of fused-ring (bicyclic) bond motifs is 1. The zero-order valence-electron chi connectivity index (χ0n) is 15.9. The minimum atomic E-state index is -1.10. The zero-order chi connectivity index (χ0) is 19.0. The number of rotatable bonds is 3. The van der Waals surface area contributed by atoms with Gasteiger partial charge < -0.3 is 14.9 Å². The lowest BCUT2D eigenvalue weighted by Crippen LogP contribution is -2.71. The summed E-state index contributed by atoms with van der Waals surface area (Å²) in [6, 6.07) is 3.30. The van der Waals surface area contributed by atoms with E-state index in [0.29, 0.717) is 30.9 Å². The fourth-order valence-electron chi connectivity index (χ4n) is 5.82. The number of aryl methyl sites for hydroxylation is 1. The maximum Gasteiger partial charge on any atom is 0.174 e. The third-order valence-corrected chi connectivity index (χ3v) is 7.26. The standard InChI is InChI=1S/C22H27NO4/c1-13-5-8-15(24)19-18(13)21-10-3-4-17(23(2)12-14-6-7-14)22(21,26)11-9-16(25)20(21)27-19/h3-5,8,14,17,20,24,26H,6-7,9-12H2,1-2H3/t17-,20+,21+,22-/m1/s1. The number of likely N-dealkylation sites (N-methyl/N-ethyl adjacent to an activating group) is 1. The first-order valence-electron chi connectivity index (χ1n) is 10.00. The predicted octanol–water partition coefficient (Wildman–Crippen LogP) is 2.46. The second-order valence-electron chi connectivity index (χ2n) is 8.93. The highest BCUT2D eigenvalue weighted by Gasteiger charge is 2.69. The number of hydrogen-bond donors (Lipinski definition) is 2. The van der Waals surface area contributed by atoms with Crippen molar-refractivity contribution in [2.24, 2.45) is 5.92 Å². The van der Waals surface area contributed by atoms with Crippen LogP contribution in [0.25, 0.3) is 0 Å². The van der Waals surface area contributed by atoms with Crippen molar-refractivity contribution >= 4 is 5.78 Å². The first-order chi connectivity index (χ1) is 12.9. The molecule has 27 heavy (non-hydrogen) atoms. The van der Waals surface area contributed by atoms with Crippen molar-refractivity contribution in [1.82, 2.24) is 4.90 Å². The van der Waals surface area contributed by atoms with Gasteiger partial charge in [0.1, 0.15) is 0 Å². The molecule has 144 valence electrons. The van der Waals surface area contributed by atoms with Crippen molar-refractivity contribution in [2.45, 2.75) is 62.2 Å². The van der Waals surface area contributed by atoms with E-state index in [2.05, 4.69) is 24.1 Å². The van der Waals surface area contributed by atoms with Gasteiger partial charge in [0.25, 0.3) is 0 Å². The predicted molar refractivity (Wildman–Crippen MR) is 101 cm³/mol. The van der Waals surface area contributed by atoms with E-state index in [1.165, 1.54) is 12.8 Å². The molecule has 0 bridgehead atoms. The van der Waals surface area contributed by atoms with Crippen molar-refractivity contribution in [1.29, 1.82) is 0 Å². The lowest BCUT2D eigenvalue weighted by Gasteiger charge is -2.56. The van der Waals surface area contributed by atoms with Gasteiger partial charge in [0.15, 0.2) is 23.4 Å². The molecule has 0 radical (unpaired) electrons. The molecule has 4 aliphatic rings. The Balaban J connectivity index is 1.69. The monoisotopic (exact) mass is 369 g/mol. The molecular formula is C22H27NO4. The molecule has 3 aliphatic carbocycles. The van der Waals surface area contributed by atoms with Crippen LogP contribution in [0.5, 0.6) is 11.5 Å². The van der Waals surface area contributed by atoms with E-state index in [1.807, 2.05) is 13.0 Å². The first kappa shape index (κ1) is 17.3. The molecule has 4 atom stereocenters. The van der Waals surface area contributed by atoms with Crippen molar-refractivity contribution in [3.63, 3.8) is 0 Å². The Kier molecular flexibility index (Phi) is 3.57.